The van der Waals surface area contributed by atoms with E-state index in [9.17, 15) is 18.6 Å². The van der Waals surface area contributed by atoms with E-state index < -0.39 is 34.5 Å². The smallest absolute Gasteiger partial charge is 0.333 e. The van der Waals surface area contributed by atoms with Gasteiger partial charge in [-0.05, 0) is 12.8 Å². The van der Waals surface area contributed by atoms with Gasteiger partial charge in [-0.1, -0.05) is 25.1 Å². The number of halogens is 1. The van der Waals surface area contributed by atoms with Crippen molar-refractivity contribution in [2.45, 2.75) is 38.0 Å². The highest BCUT2D eigenvalue weighted by atomic mass is 35.5. The number of anilines is 1. The van der Waals surface area contributed by atoms with Gasteiger partial charge in [0.2, 0.25) is 0 Å². The molecule has 164 valence electrons. The Morgan fingerprint density at radius 3 is 2.90 bits per heavy atom. The highest BCUT2D eigenvalue weighted by molar-refractivity contribution is 7.84. The maximum absolute atomic E-state index is 11.0. The second-order valence-corrected chi connectivity index (χ2v) is 8.54. The van der Waals surface area contributed by atoms with Crippen LogP contribution in [-0.2, 0) is 14.5 Å². The van der Waals surface area contributed by atoms with Crippen molar-refractivity contribution in [1.82, 2.24) is 14.6 Å². The fourth-order valence-electron chi connectivity index (χ4n) is 3.26. The first-order chi connectivity index (χ1) is 14.1. The molecule has 0 spiro atoms. The number of nitrogens with two attached hydrogens (primary N) is 1. The fraction of sp³-hybridized carbons (Fsp3) is 0.471. The lowest BCUT2D eigenvalue weighted by molar-refractivity contribution is 0.00777. The Kier molecular flexibility index (Phi) is 6.75. The molecule has 30 heavy (non-hydrogen) atoms. The van der Waals surface area contributed by atoms with Crippen LogP contribution in [0.5, 0.6) is 0 Å². The number of aliphatic hydroxyl groups excluding tert-OH is 2. The molecule has 2 aromatic rings. The summed E-state index contributed by atoms with van der Waals surface area (Å²) in [6, 6.07) is 2.58. The molecule has 5 N–H and O–H groups in total. The summed E-state index contributed by atoms with van der Waals surface area (Å²) in [6.45, 7) is 5.49. The Bertz CT molecular complexity index is 1070. The van der Waals surface area contributed by atoms with Gasteiger partial charge in [0.25, 0.3) is 0 Å². The number of aromatic nitrogens is 3. The summed E-state index contributed by atoms with van der Waals surface area (Å²) < 4.78 is 28.1. The molecule has 3 rings (SSSR count). The molecular formula is C17H23ClN6O5S. The Balaban J connectivity index is 1.83. The second kappa shape index (κ2) is 8.96. The number of aliphatic hydroxyl groups is 2. The minimum atomic E-state index is -4.15. The van der Waals surface area contributed by atoms with E-state index in [1.807, 2.05) is 6.92 Å². The average Bonchev–Trinajstić information content (AvgIpc) is 3.20. The molecule has 4 unspecified atom stereocenters. The van der Waals surface area contributed by atoms with Crippen LogP contribution >= 0.6 is 11.6 Å². The van der Waals surface area contributed by atoms with E-state index in [0.29, 0.717) is 22.9 Å². The van der Waals surface area contributed by atoms with Crippen LogP contribution in [-0.4, -0.2) is 64.3 Å². The van der Waals surface area contributed by atoms with Crippen LogP contribution in [0.2, 0.25) is 5.15 Å². The van der Waals surface area contributed by atoms with Gasteiger partial charge in [-0.2, -0.15) is 18.0 Å². The quantitative estimate of drug-likeness (QED) is 0.329. The van der Waals surface area contributed by atoms with E-state index >= 15 is 0 Å². The molecule has 1 saturated carbocycles. The summed E-state index contributed by atoms with van der Waals surface area (Å²) in [4.78, 5) is 8.43. The van der Waals surface area contributed by atoms with Crippen molar-refractivity contribution in [2.24, 2.45) is 16.0 Å². The van der Waals surface area contributed by atoms with Crippen LogP contribution in [0.15, 0.2) is 23.7 Å². The Morgan fingerprint density at radius 2 is 2.23 bits per heavy atom. The van der Waals surface area contributed by atoms with Gasteiger partial charge in [0.05, 0.1) is 24.4 Å². The van der Waals surface area contributed by atoms with Crippen LogP contribution in [0.4, 0.5) is 5.82 Å². The molecule has 0 saturated heterocycles. The lowest BCUT2D eigenvalue weighted by Crippen LogP contribution is -2.36. The lowest BCUT2D eigenvalue weighted by atomic mass is 10.1. The first-order valence-electron chi connectivity index (χ1n) is 9.17. The zero-order valence-electron chi connectivity index (χ0n) is 16.1. The summed E-state index contributed by atoms with van der Waals surface area (Å²) in [5, 5.41) is 33.2. The van der Waals surface area contributed by atoms with Crippen LogP contribution in [0, 0.1) is 5.92 Å². The van der Waals surface area contributed by atoms with Gasteiger partial charge in [0.15, 0.2) is 5.65 Å². The van der Waals surface area contributed by atoms with Crippen molar-refractivity contribution in [3.05, 3.63) is 29.6 Å². The molecule has 2 aromatic heterocycles. The zero-order chi connectivity index (χ0) is 22.1. The molecule has 1 fully saturated rings. The SMILES string of the molecule is C=C(N=CCC)c1cc2nc(Cl)cc(NC3CC(COS(N)(=O)=O)C(O)C3O)n2n1. The molecule has 1 aliphatic rings. The van der Waals surface area contributed by atoms with Crippen molar-refractivity contribution in [2.75, 3.05) is 11.9 Å². The van der Waals surface area contributed by atoms with Gasteiger partial charge >= 0.3 is 10.3 Å². The van der Waals surface area contributed by atoms with Crippen molar-refractivity contribution in [1.29, 1.82) is 0 Å². The summed E-state index contributed by atoms with van der Waals surface area (Å²) in [5.41, 5.74) is 1.40. The Hall–Kier alpha value is -2.09. The normalized spacial score (nSPS) is 24.7. The summed E-state index contributed by atoms with van der Waals surface area (Å²) in [6.07, 6.45) is 0.308. The van der Waals surface area contributed by atoms with E-state index in [2.05, 4.69) is 31.2 Å². The van der Waals surface area contributed by atoms with Crippen LogP contribution < -0.4 is 10.5 Å². The topological polar surface area (TPSA) is 164 Å². The number of hydrogen-bond acceptors (Lipinski definition) is 9. The molecule has 2 heterocycles. The number of aliphatic imine (C=N–C) groups is 1. The Morgan fingerprint density at radius 1 is 1.50 bits per heavy atom. The summed E-state index contributed by atoms with van der Waals surface area (Å²) in [5.74, 6) is -0.215. The highest BCUT2D eigenvalue weighted by Gasteiger charge is 2.42. The van der Waals surface area contributed by atoms with Crippen molar-refractivity contribution < 1.29 is 22.8 Å². The van der Waals surface area contributed by atoms with E-state index in [1.54, 1.807) is 12.3 Å². The molecular weight excluding hydrogens is 436 g/mol. The number of fused-ring (bicyclic) bond motifs is 1. The van der Waals surface area contributed by atoms with Crippen LogP contribution in [0.3, 0.4) is 0 Å². The first kappa shape index (κ1) is 22.6. The molecule has 0 amide bonds. The van der Waals surface area contributed by atoms with Gasteiger partial charge in [0.1, 0.15) is 22.8 Å². The number of nitrogens with one attached hydrogen (secondary N) is 1. The standard InChI is InChI=1S/C17H23ClN6O5S/c1-3-4-20-9(2)11-6-14-22-13(18)7-15(24(14)23-11)21-12-5-10(16(25)17(12)26)8-29-30(19,27)28/h4,6-7,10,12,16-17,21,25-26H,2-3,5,8H2,1H3,(H2,19,27,28). The molecule has 0 aliphatic heterocycles. The van der Waals surface area contributed by atoms with Crippen LogP contribution in [0.25, 0.3) is 11.3 Å². The molecule has 11 nitrogen and oxygen atoms in total. The summed E-state index contributed by atoms with van der Waals surface area (Å²) in [7, 11) is -4.15. The number of hydrogen-bond donors (Lipinski definition) is 4. The molecule has 1 aliphatic carbocycles. The highest BCUT2D eigenvalue weighted by Crippen LogP contribution is 2.30. The van der Waals surface area contributed by atoms with Crippen molar-refractivity contribution in [3.63, 3.8) is 0 Å². The minimum Gasteiger partial charge on any atom is -0.390 e. The maximum atomic E-state index is 11.0. The molecule has 4 atom stereocenters. The third-order valence-corrected chi connectivity index (χ3v) is 5.36. The molecule has 0 bridgehead atoms. The third-order valence-electron chi connectivity index (χ3n) is 4.70. The summed E-state index contributed by atoms with van der Waals surface area (Å²) >= 11 is 6.12. The first-order valence-corrected chi connectivity index (χ1v) is 11.0. The van der Waals surface area contributed by atoms with Gasteiger partial charge in [-0.15, -0.1) is 0 Å². The number of rotatable bonds is 8. The zero-order valence-corrected chi connectivity index (χ0v) is 17.7. The van der Waals surface area contributed by atoms with E-state index in [1.165, 1.54) is 10.6 Å². The largest absolute Gasteiger partial charge is 0.390 e. The molecule has 0 aromatic carbocycles. The predicted octanol–water partition coefficient (Wildman–Crippen LogP) is 0.576. The molecule has 13 heteroatoms. The van der Waals surface area contributed by atoms with Gasteiger partial charge in [-0.25, -0.2) is 10.1 Å². The predicted molar refractivity (Wildman–Crippen MR) is 112 cm³/mol. The van der Waals surface area contributed by atoms with Crippen molar-refractivity contribution in [3.8, 4) is 0 Å². The Labute approximate surface area is 178 Å². The van der Waals surface area contributed by atoms with Gasteiger partial charge in [0, 0.05) is 24.3 Å². The van der Waals surface area contributed by atoms with Gasteiger partial charge in [-0.3, -0.25) is 9.18 Å². The monoisotopic (exact) mass is 458 g/mol. The number of nitrogens with zero attached hydrogens (tertiary/aromatic N) is 4. The second-order valence-electron chi connectivity index (χ2n) is 6.94. The van der Waals surface area contributed by atoms with E-state index in [-0.39, 0.29) is 18.2 Å². The van der Waals surface area contributed by atoms with E-state index in [0.717, 1.165) is 6.42 Å². The van der Waals surface area contributed by atoms with Gasteiger partial charge < -0.3 is 15.5 Å². The maximum Gasteiger partial charge on any atom is 0.333 e. The minimum absolute atomic E-state index is 0.196. The third kappa shape index (κ3) is 5.14. The van der Waals surface area contributed by atoms with Crippen molar-refractivity contribution >= 4 is 45.3 Å². The molecule has 0 radical (unpaired) electrons. The van der Waals surface area contributed by atoms with E-state index in [4.69, 9.17) is 16.7 Å². The lowest BCUT2D eigenvalue weighted by Gasteiger charge is -2.19. The van der Waals surface area contributed by atoms with Crippen LogP contribution in [0.1, 0.15) is 25.5 Å². The average molecular weight is 459 g/mol. The fourth-order valence-corrected chi connectivity index (χ4v) is 3.81.